The van der Waals surface area contributed by atoms with Gasteiger partial charge in [-0.3, -0.25) is 9.59 Å². The van der Waals surface area contributed by atoms with Crippen molar-refractivity contribution in [1.29, 1.82) is 0 Å². The van der Waals surface area contributed by atoms with Crippen molar-refractivity contribution in [2.75, 3.05) is 0 Å². The molecule has 1 aromatic heterocycles. The second-order valence-corrected chi connectivity index (χ2v) is 2.28. The first-order valence-electron chi connectivity index (χ1n) is 2.22. The van der Waals surface area contributed by atoms with Crippen LogP contribution < -0.4 is 0 Å². The molecule has 0 aliphatic heterocycles. The molecule has 9 heavy (non-hydrogen) atoms. The van der Waals surface area contributed by atoms with Gasteiger partial charge in [-0.2, -0.15) is 0 Å². The lowest BCUT2D eigenvalue weighted by Gasteiger charge is -1.75. The van der Waals surface area contributed by atoms with Crippen molar-refractivity contribution in [2.24, 2.45) is 0 Å². The van der Waals surface area contributed by atoms with Crippen LogP contribution in [0.4, 0.5) is 0 Å². The second-order valence-electron chi connectivity index (χ2n) is 1.37. The van der Waals surface area contributed by atoms with Crippen molar-refractivity contribution in [3.8, 4) is 0 Å². The molecule has 0 N–H and O–H groups in total. The molecule has 0 unspecified atom stereocenters. The van der Waals surface area contributed by atoms with Crippen molar-refractivity contribution in [1.82, 2.24) is 0 Å². The molecule has 1 aromatic rings. The Balaban J connectivity index is 3.12. The van der Waals surface area contributed by atoms with E-state index in [9.17, 15) is 9.59 Å². The number of thiophene rings is 1. The molecular formula is C6H2O2S. The Morgan fingerprint density at radius 3 is 2.56 bits per heavy atom. The molecule has 0 aliphatic carbocycles. The molecule has 44 valence electrons. The van der Waals surface area contributed by atoms with Crippen LogP contribution in [0.3, 0.4) is 0 Å². The number of hydrogen-bond donors (Lipinski definition) is 0. The minimum Gasteiger partial charge on any atom is -0.285 e. The van der Waals surface area contributed by atoms with Crippen molar-refractivity contribution < 1.29 is 9.59 Å². The number of rotatable bonds is 2. The highest BCUT2D eigenvalue weighted by molar-refractivity contribution is 7.12. The zero-order valence-electron chi connectivity index (χ0n) is 4.38. The van der Waals surface area contributed by atoms with Crippen LogP contribution >= 0.6 is 11.3 Å². The van der Waals surface area contributed by atoms with Crippen LogP contribution in [-0.2, 0) is 9.59 Å². The zero-order chi connectivity index (χ0) is 6.69. The van der Waals surface area contributed by atoms with Gasteiger partial charge in [-0.05, 0) is 11.4 Å². The van der Waals surface area contributed by atoms with Crippen LogP contribution in [0, 0.1) is 0 Å². The molecule has 2 nitrogen and oxygen atoms in total. The van der Waals surface area contributed by atoms with Crippen LogP contribution in [0.1, 0.15) is 10.4 Å². The molecule has 0 saturated heterocycles. The summed E-state index contributed by atoms with van der Waals surface area (Å²) in [6.07, 6.45) is 3.26. The van der Waals surface area contributed by atoms with Gasteiger partial charge in [-0.15, -0.1) is 11.3 Å². The van der Waals surface area contributed by atoms with Gasteiger partial charge in [0.25, 0.3) is 0 Å². The third kappa shape index (κ3) is 1.05. The summed E-state index contributed by atoms with van der Waals surface area (Å²) in [4.78, 5) is 20.2. The molecule has 2 radical (unpaired) electrons. The van der Waals surface area contributed by atoms with E-state index in [1.165, 1.54) is 17.4 Å². The van der Waals surface area contributed by atoms with Crippen molar-refractivity contribution in [2.45, 2.75) is 0 Å². The van der Waals surface area contributed by atoms with E-state index in [1.54, 1.807) is 18.0 Å². The highest BCUT2D eigenvalue weighted by Gasteiger charge is 2.01. The molecular weight excluding hydrogens is 136 g/mol. The summed E-state index contributed by atoms with van der Waals surface area (Å²) in [7, 11) is 0. The fourth-order valence-electron chi connectivity index (χ4n) is 0.469. The van der Waals surface area contributed by atoms with Gasteiger partial charge in [0.05, 0.1) is 4.88 Å². The Kier molecular flexibility index (Phi) is 1.75. The van der Waals surface area contributed by atoms with Gasteiger partial charge in [0.1, 0.15) is 0 Å². The van der Waals surface area contributed by atoms with Crippen molar-refractivity contribution in [3.05, 3.63) is 21.9 Å². The summed E-state index contributed by atoms with van der Waals surface area (Å²) in [5, 5.41) is 1.65. The average molecular weight is 138 g/mol. The maximum absolute atomic E-state index is 9.95. The summed E-state index contributed by atoms with van der Waals surface area (Å²) in [5.41, 5.74) is 0.301. The lowest BCUT2D eigenvalue weighted by molar-refractivity contribution is 0.559. The normalized spacial score (nSPS) is 8.89. The molecule has 0 bridgehead atoms. The van der Waals surface area contributed by atoms with E-state index < -0.39 is 0 Å². The van der Waals surface area contributed by atoms with Gasteiger partial charge in [-0.25, -0.2) is 0 Å². The van der Waals surface area contributed by atoms with E-state index in [0.29, 0.717) is 10.4 Å². The monoisotopic (exact) mass is 138 g/mol. The molecule has 0 amide bonds. The molecule has 1 rings (SSSR count). The lowest BCUT2D eigenvalue weighted by Crippen LogP contribution is -1.80. The summed E-state index contributed by atoms with van der Waals surface area (Å²) in [6, 6.07) is 1.54. The van der Waals surface area contributed by atoms with Crippen molar-refractivity contribution in [3.63, 3.8) is 0 Å². The van der Waals surface area contributed by atoms with Crippen LogP contribution in [0.25, 0.3) is 0 Å². The quantitative estimate of drug-likeness (QED) is 0.601. The highest BCUT2D eigenvalue weighted by Crippen LogP contribution is 2.10. The minimum absolute atomic E-state index is 0.301. The van der Waals surface area contributed by atoms with Crippen LogP contribution in [0.15, 0.2) is 11.4 Å². The molecule has 1 heterocycles. The summed E-state index contributed by atoms with van der Waals surface area (Å²) < 4.78 is 0. The summed E-state index contributed by atoms with van der Waals surface area (Å²) >= 11 is 1.19. The Hall–Kier alpha value is -0.960. The van der Waals surface area contributed by atoms with Gasteiger partial charge in [0.2, 0.25) is 12.6 Å². The molecule has 0 spiro atoms. The summed E-state index contributed by atoms with van der Waals surface area (Å²) in [5.74, 6) is 0. The first-order chi connectivity index (χ1) is 4.38. The molecule has 3 heteroatoms. The second kappa shape index (κ2) is 2.55. The van der Waals surface area contributed by atoms with Crippen LogP contribution in [0.2, 0.25) is 0 Å². The Bertz CT molecular complexity index is 204. The standard InChI is InChI=1S/C6H2O2S/c7-3-5-1-2-9-6(5)4-8/h1-2H. The van der Waals surface area contributed by atoms with Gasteiger partial charge in [-0.1, -0.05) is 0 Å². The van der Waals surface area contributed by atoms with E-state index in [2.05, 4.69) is 0 Å². The SMILES string of the molecule is O=[C]c1ccsc1[C]=O. The summed E-state index contributed by atoms with van der Waals surface area (Å²) in [6.45, 7) is 0. The molecule has 0 atom stereocenters. The number of carbonyl (C=O) groups excluding carboxylic acids is 2. The third-order valence-corrected chi connectivity index (χ3v) is 1.68. The molecule has 0 aliphatic rings. The van der Waals surface area contributed by atoms with Gasteiger partial charge >= 0.3 is 0 Å². The fourth-order valence-corrected chi connectivity index (χ4v) is 1.09. The van der Waals surface area contributed by atoms with E-state index in [4.69, 9.17) is 0 Å². The van der Waals surface area contributed by atoms with E-state index in [1.807, 2.05) is 0 Å². The number of hydrogen-bond acceptors (Lipinski definition) is 3. The Morgan fingerprint density at radius 1 is 1.33 bits per heavy atom. The lowest BCUT2D eigenvalue weighted by atomic mass is 10.3. The third-order valence-electron chi connectivity index (χ3n) is 0.868. The average Bonchev–Trinajstić information content (AvgIpc) is 2.33. The smallest absolute Gasteiger partial charge is 0.245 e. The maximum Gasteiger partial charge on any atom is 0.245 e. The zero-order valence-corrected chi connectivity index (χ0v) is 5.20. The molecule has 0 saturated carbocycles. The molecule has 0 aromatic carbocycles. The predicted octanol–water partition coefficient (Wildman–Crippen LogP) is 0.664. The largest absolute Gasteiger partial charge is 0.285 e. The van der Waals surface area contributed by atoms with E-state index in [0.717, 1.165) is 0 Å². The highest BCUT2D eigenvalue weighted by atomic mass is 32.1. The Labute approximate surface area is 56.1 Å². The first-order valence-corrected chi connectivity index (χ1v) is 3.10. The Morgan fingerprint density at radius 2 is 2.11 bits per heavy atom. The first kappa shape index (κ1) is 6.16. The van der Waals surface area contributed by atoms with Gasteiger partial charge < -0.3 is 0 Å². The van der Waals surface area contributed by atoms with Crippen LogP contribution in [0.5, 0.6) is 0 Å². The van der Waals surface area contributed by atoms with E-state index >= 15 is 0 Å². The molecule has 0 fully saturated rings. The maximum atomic E-state index is 9.95. The topological polar surface area (TPSA) is 34.1 Å². The van der Waals surface area contributed by atoms with Gasteiger partial charge in [0.15, 0.2) is 0 Å². The van der Waals surface area contributed by atoms with Crippen molar-refractivity contribution >= 4 is 23.9 Å². The van der Waals surface area contributed by atoms with E-state index in [-0.39, 0.29) is 0 Å². The minimum atomic E-state index is 0.301. The van der Waals surface area contributed by atoms with Crippen LogP contribution in [-0.4, -0.2) is 12.6 Å². The predicted molar refractivity (Wildman–Crippen MR) is 33.9 cm³/mol. The van der Waals surface area contributed by atoms with Gasteiger partial charge in [0, 0.05) is 5.56 Å². The fraction of sp³-hybridized carbons (Fsp3) is 0.